The summed E-state index contributed by atoms with van der Waals surface area (Å²) >= 11 is 0. The van der Waals surface area contributed by atoms with E-state index in [1.165, 1.54) is 24.7 Å². The van der Waals surface area contributed by atoms with Crippen LogP contribution < -0.4 is 16.8 Å². The van der Waals surface area contributed by atoms with Crippen LogP contribution in [0.15, 0.2) is 82.4 Å². The highest BCUT2D eigenvalue weighted by Gasteiger charge is 2.13. The normalized spacial score (nSPS) is 12.8. The number of anilines is 2. The zero-order chi connectivity index (χ0) is 24.3. The van der Waals surface area contributed by atoms with E-state index in [-0.39, 0.29) is 29.6 Å². The smallest absolute Gasteiger partial charge is 0.257 e. The van der Waals surface area contributed by atoms with Gasteiger partial charge in [-0.3, -0.25) is 14.8 Å². The molecule has 0 saturated heterocycles. The van der Waals surface area contributed by atoms with Crippen molar-refractivity contribution in [1.29, 1.82) is 0 Å². The lowest BCUT2D eigenvalue weighted by Gasteiger charge is -2.09. The van der Waals surface area contributed by atoms with Gasteiger partial charge in [-0.15, -0.1) is 0 Å². The second-order valence-corrected chi connectivity index (χ2v) is 6.86. The molecule has 1 amide bonds. The minimum Gasteiger partial charge on any atom is -0.396 e. The Labute approximate surface area is 195 Å². The van der Waals surface area contributed by atoms with Crippen molar-refractivity contribution in [1.82, 2.24) is 20.1 Å². The van der Waals surface area contributed by atoms with Gasteiger partial charge in [-0.05, 0) is 30.7 Å². The standard InChI is InChI=1S/C23H23FN8O2/c1-2-3-5-15(11-24)12-28-19(18-7-9-34-32-18)10-17(25)22-29-14-20(21(26)31-22)30-23(33)16-6-4-8-27-13-16/h2-10,13-14H,11-12,25H2,1H3,(H,30,33)(H2,26,29,31)/b3-2-,15-5+,17-10?,28-19?. The molecular formula is C23H23FN8O2. The summed E-state index contributed by atoms with van der Waals surface area (Å²) in [5, 5.41) is 6.50. The van der Waals surface area contributed by atoms with E-state index in [4.69, 9.17) is 16.0 Å². The minimum absolute atomic E-state index is 0.0208. The molecular weight excluding hydrogens is 439 g/mol. The van der Waals surface area contributed by atoms with Gasteiger partial charge in [-0.25, -0.2) is 14.4 Å². The van der Waals surface area contributed by atoms with E-state index in [1.54, 1.807) is 42.6 Å². The van der Waals surface area contributed by atoms with Crippen molar-refractivity contribution in [2.45, 2.75) is 6.92 Å². The molecule has 10 nitrogen and oxygen atoms in total. The van der Waals surface area contributed by atoms with E-state index in [9.17, 15) is 9.18 Å². The number of hydrogen-bond donors (Lipinski definition) is 3. The number of halogens is 1. The zero-order valence-electron chi connectivity index (χ0n) is 18.4. The Morgan fingerprint density at radius 3 is 2.82 bits per heavy atom. The fourth-order valence-corrected chi connectivity index (χ4v) is 2.64. The number of nitrogens with zero attached hydrogens (tertiary/aromatic N) is 5. The molecule has 5 N–H and O–H groups in total. The number of carbonyl (C=O) groups excluding carboxylic acids is 1. The lowest BCUT2D eigenvalue weighted by atomic mass is 10.2. The number of hydrogen-bond acceptors (Lipinski definition) is 9. The highest BCUT2D eigenvalue weighted by molar-refractivity contribution is 6.10. The quantitative estimate of drug-likeness (QED) is 0.323. The van der Waals surface area contributed by atoms with Crippen LogP contribution in [-0.4, -0.2) is 44.9 Å². The van der Waals surface area contributed by atoms with Gasteiger partial charge >= 0.3 is 0 Å². The second kappa shape index (κ2) is 11.8. The Morgan fingerprint density at radius 2 is 2.18 bits per heavy atom. The van der Waals surface area contributed by atoms with Gasteiger partial charge in [0.15, 0.2) is 11.6 Å². The van der Waals surface area contributed by atoms with E-state index >= 15 is 0 Å². The number of allylic oxidation sites excluding steroid dienone is 4. The average molecular weight is 462 g/mol. The minimum atomic E-state index is -0.648. The number of nitrogens with one attached hydrogen (secondary N) is 1. The summed E-state index contributed by atoms with van der Waals surface area (Å²) in [4.78, 5) is 29.0. The summed E-state index contributed by atoms with van der Waals surface area (Å²) in [6.07, 6.45) is 12.4. The molecule has 0 atom stereocenters. The molecule has 11 heteroatoms. The highest BCUT2D eigenvalue weighted by atomic mass is 19.1. The fourth-order valence-electron chi connectivity index (χ4n) is 2.64. The van der Waals surface area contributed by atoms with Crippen LogP contribution in [0.1, 0.15) is 28.8 Å². The number of pyridine rings is 1. The SMILES string of the molecule is C/C=C\C=C(/CF)CN=C(C=C(N)c1ncc(NC(=O)c2cccnc2)c(N)n1)c1ccon1. The lowest BCUT2D eigenvalue weighted by Crippen LogP contribution is -2.15. The summed E-state index contributed by atoms with van der Waals surface area (Å²) < 4.78 is 18.2. The van der Waals surface area contributed by atoms with Crippen molar-refractivity contribution in [3.05, 3.63) is 90.0 Å². The molecule has 3 aromatic heterocycles. The molecule has 0 radical (unpaired) electrons. The molecule has 34 heavy (non-hydrogen) atoms. The van der Waals surface area contributed by atoms with Crippen molar-refractivity contribution in [2.24, 2.45) is 10.7 Å². The Morgan fingerprint density at radius 1 is 1.32 bits per heavy atom. The number of nitrogens with two attached hydrogens (primary N) is 2. The predicted molar refractivity (Wildman–Crippen MR) is 128 cm³/mol. The van der Waals surface area contributed by atoms with Gasteiger partial charge in [0.05, 0.1) is 29.7 Å². The maximum Gasteiger partial charge on any atom is 0.257 e. The monoisotopic (exact) mass is 462 g/mol. The third-order valence-electron chi connectivity index (χ3n) is 4.39. The third-order valence-corrected chi connectivity index (χ3v) is 4.39. The highest BCUT2D eigenvalue weighted by Crippen LogP contribution is 2.18. The topological polar surface area (TPSA) is 158 Å². The Bertz CT molecular complexity index is 1240. The maximum absolute atomic E-state index is 13.3. The van der Waals surface area contributed by atoms with Crippen LogP contribution in [-0.2, 0) is 0 Å². The number of aromatic nitrogens is 4. The number of carbonyl (C=O) groups is 1. The van der Waals surface area contributed by atoms with Crippen LogP contribution in [0.5, 0.6) is 0 Å². The van der Waals surface area contributed by atoms with Crippen molar-refractivity contribution in [2.75, 3.05) is 24.3 Å². The molecule has 174 valence electrons. The van der Waals surface area contributed by atoms with Gasteiger partial charge in [0.25, 0.3) is 5.91 Å². The first kappa shape index (κ1) is 24.0. The number of nitrogen functional groups attached to an aromatic ring is 1. The molecule has 0 unspecified atom stereocenters. The molecule has 3 heterocycles. The first-order valence-corrected chi connectivity index (χ1v) is 10.1. The van der Waals surface area contributed by atoms with Gasteiger partial charge in [-0.2, -0.15) is 0 Å². The van der Waals surface area contributed by atoms with Gasteiger partial charge in [0.1, 0.15) is 24.3 Å². The van der Waals surface area contributed by atoms with Crippen molar-refractivity contribution in [3.8, 4) is 0 Å². The molecule has 0 saturated carbocycles. The van der Waals surface area contributed by atoms with Crippen LogP contribution in [0.25, 0.3) is 5.70 Å². The second-order valence-electron chi connectivity index (χ2n) is 6.86. The third kappa shape index (κ3) is 6.42. The first-order valence-electron chi connectivity index (χ1n) is 10.1. The Kier molecular flexibility index (Phi) is 8.33. The molecule has 0 aliphatic rings. The maximum atomic E-state index is 13.3. The van der Waals surface area contributed by atoms with Crippen LogP contribution in [0, 0.1) is 0 Å². The summed E-state index contributed by atoms with van der Waals surface area (Å²) in [5.41, 5.74) is 14.1. The number of rotatable bonds is 9. The summed E-state index contributed by atoms with van der Waals surface area (Å²) in [7, 11) is 0. The number of aliphatic imine (C=N–C) groups is 1. The molecule has 3 rings (SSSR count). The van der Waals surface area contributed by atoms with E-state index in [1.807, 2.05) is 6.92 Å². The number of amides is 1. The molecule has 0 spiro atoms. The van der Waals surface area contributed by atoms with Gasteiger partial charge in [0, 0.05) is 18.5 Å². The van der Waals surface area contributed by atoms with Crippen molar-refractivity contribution >= 4 is 28.8 Å². The predicted octanol–water partition coefficient (Wildman–Crippen LogP) is 2.96. The van der Waals surface area contributed by atoms with E-state index < -0.39 is 12.6 Å². The van der Waals surface area contributed by atoms with Crippen LogP contribution in [0.2, 0.25) is 0 Å². The van der Waals surface area contributed by atoms with E-state index in [0.717, 1.165) is 0 Å². The van der Waals surface area contributed by atoms with Crippen molar-refractivity contribution in [3.63, 3.8) is 0 Å². The van der Waals surface area contributed by atoms with Crippen molar-refractivity contribution < 1.29 is 13.7 Å². The fraction of sp³-hybridized carbons (Fsp3) is 0.130. The summed E-state index contributed by atoms with van der Waals surface area (Å²) in [5.74, 6) is -0.273. The average Bonchev–Trinajstić information content (AvgIpc) is 3.40. The molecule has 0 aromatic carbocycles. The van der Waals surface area contributed by atoms with Gasteiger partial charge < -0.3 is 21.3 Å². The van der Waals surface area contributed by atoms with Crippen LogP contribution in [0.4, 0.5) is 15.9 Å². The summed E-state index contributed by atoms with van der Waals surface area (Å²) in [6, 6.07) is 4.85. The molecule has 0 aliphatic heterocycles. The molecule has 0 bridgehead atoms. The van der Waals surface area contributed by atoms with E-state index in [0.29, 0.717) is 22.5 Å². The molecule has 0 aliphatic carbocycles. The largest absolute Gasteiger partial charge is 0.396 e. The lowest BCUT2D eigenvalue weighted by molar-refractivity contribution is 0.102. The van der Waals surface area contributed by atoms with Crippen LogP contribution >= 0.6 is 0 Å². The van der Waals surface area contributed by atoms with Gasteiger partial charge in [-0.1, -0.05) is 23.4 Å². The first-order chi connectivity index (χ1) is 16.5. The zero-order valence-corrected chi connectivity index (χ0v) is 18.4. The number of alkyl halides is 1. The van der Waals surface area contributed by atoms with Gasteiger partial charge in [0.2, 0.25) is 0 Å². The Balaban J connectivity index is 1.83. The van der Waals surface area contributed by atoms with E-state index in [2.05, 4.69) is 30.4 Å². The van der Waals surface area contributed by atoms with Crippen LogP contribution in [0.3, 0.4) is 0 Å². The molecule has 3 aromatic rings. The molecule has 0 fully saturated rings. The Hall–Kier alpha value is -4.67. The summed E-state index contributed by atoms with van der Waals surface area (Å²) in [6.45, 7) is 1.28.